The van der Waals surface area contributed by atoms with Gasteiger partial charge < -0.3 is 5.73 Å². The van der Waals surface area contributed by atoms with Crippen LogP contribution in [-0.2, 0) is 13.1 Å². The molecule has 1 aliphatic rings. The largest absolute Gasteiger partial charge is 0.330 e. The second-order valence-electron chi connectivity index (χ2n) is 4.28. The SMILES string of the molecule is CC(CN)CN1Cc2ccccc2C1. The van der Waals surface area contributed by atoms with Crippen LogP contribution in [0.2, 0.25) is 0 Å². The molecule has 2 nitrogen and oxygen atoms in total. The van der Waals surface area contributed by atoms with Crippen molar-refractivity contribution in [3.05, 3.63) is 35.4 Å². The first kappa shape index (κ1) is 9.69. The minimum absolute atomic E-state index is 0.601. The Morgan fingerprint density at radius 2 is 1.86 bits per heavy atom. The van der Waals surface area contributed by atoms with Gasteiger partial charge in [0.2, 0.25) is 0 Å². The fourth-order valence-electron chi connectivity index (χ4n) is 2.05. The summed E-state index contributed by atoms with van der Waals surface area (Å²) in [6, 6.07) is 8.69. The molecule has 0 bridgehead atoms. The maximum absolute atomic E-state index is 5.63. The Bertz CT molecular complexity index is 284. The number of nitrogens with two attached hydrogens (primary N) is 1. The first-order valence-corrected chi connectivity index (χ1v) is 5.29. The summed E-state index contributed by atoms with van der Waals surface area (Å²) in [7, 11) is 0. The number of nitrogens with zero attached hydrogens (tertiary/aromatic N) is 1. The molecule has 0 saturated carbocycles. The number of fused-ring (bicyclic) bond motifs is 1. The molecule has 1 heterocycles. The normalized spacial score (nSPS) is 18.1. The highest BCUT2D eigenvalue weighted by atomic mass is 15.1. The zero-order valence-corrected chi connectivity index (χ0v) is 8.74. The van der Waals surface area contributed by atoms with E-state index in [2.05, 4.69) is 36.1 Å². The molecule has 1 aliphatic heterocycles. The molecule has 2 rings (SSSR count). The van der Waals surface area contributed by atoms with Crippen molar-refractivity contribution < 1.29 is 0 Å². The van der Waals surface area contributed by atoms with Crippen LogP contribution in [0.15, 0.2) is 24.3 Å². The van der Waals surface area contributed by atoms with Gasteiger partial charge in [0.1, 0.15) is 0 Å². The molecule has 0 saturated heterocycles. The Kier molecular flexibility index (Phi) is 2.85. The van der Waals surface area contributed by atoms with Gasteiger partial charge >= 0.3 is 0 Å². The molecule has 1 unspecified atom stereocenters. The number of rotatable bonds is 3. The molecule has 14 heavy (non-hydrogen) atoms. The molecule has 0 radical (unpaired) electrons. The summed E-state index contributed by atoms with van der Waals surface area (Å²) < 4.78 is 0. The minimum atomic E-state index is 0.601. The van der Waals surface area contributed by atoms with Gasteiger partial charge in [-0.15, -0.1) is 0 Å². The molecule has 2 heteroatoms. The Balaban J connectivity index is 1.98. The molecule has 0 fully saturated rings. The molecule has 0 amide bonds. The number of hydrogen-bond donors (Lipinski definition) is 1. The summed E-state index contributed by atoms with van der Waals surface area (Å²) in [5.41, 5.74) is 8.59. The standard InChI is InChI=1S/C12H18N2/c1-10(6-13)7-14-8-11-4-2-3-5-12(11)9-14/h2-5,10H,6-9,13H2,1H3. The van der Waals surface area contributed by atoms with Gasteiger partial charge in [-0.25, -0.2) is 0 Å². The van der Waals surface area contributed by atoms with Gasteiger partial charge in [-0.2, -0.15) is 0 Å². The van der Waals surface area contributed by atoms with Gasteiger partial charge in [0.25, 0.3) is 0 Å². The highest BCUT2D eigenvalue weighted by Crippen LogP contribution is 2.22. The zero-order valence-electron chi connectivity index (χ0n) is 8.74. The van der Waals surface area contributed by atoms with Crippen LogP contribution < -0.4 is 5.73 Å². The van der Waals surface area contributed by atoms with Crippen LogP contribution >= 0.6 is 0 Å². The first-order valence-electron chi connectivity index (χ1n) is 5.29. The third-order valence-electron chi connectivity index (χ3n) is 2.88. The monoisotopic (exact) mass is 190 g/mol. The van der Waals surface area contributed by atoms with E-state index in [9.17, 15) is 0 Å². The van der Waals surface area contributed by atoms with Gasteiger partial charge in [-0.1, -0.05) is 31.2 Å². The molecular weight excluding hydrogens is 172 g/mol. The molecular formula is C12H18N2. The molecule has 2 N–H and O–H groups in total. The quantitative estimate of drug-likeness (QED) is 0.784. The molecule has 1 aromatic carbocycles. The van der Waals surface area contributed by atoms with Crippen molar-refractivity contribution in [2.24, 2.45) is 11.7 Å². The highest BCUT2D eigenvalue weighted by Gasteiger charge is 2.18. The molecule has 0 spiro atoms. The summed E-state index contributed by atoms with van der Waals surface area (Å²) >= 11 is 0. The van der Waals surface area contributed by atoms with Crippen LogP contribution in [-0.4, -0.2) is 18.0 Å². The van der Waals surface area contributed by atoms with E-state index >= 15 is 0 Å². The van der Waals surface area contributed by atoms with Crippen LogP contribution in [0.1, 0.15) is 18.1 Å². The first-order chi connectivity index (χ1) is 6.79. The second kappa shape index (κ2) is 4.11. The molecule has 0 aromatic heterocycles. The van der Waals surface area contributed by atoms with Crippen LogP contribution in [0.5, 0.6) is 0 Å². The van der Waals surface area contributed by atoms with Crippen molar-refractivity contribution in [2.45, 2.75) is 20.0 Å². The lowest BCUT2D eigenvalue weighted by molar-refractivity contribution is 0.246. The Hall–Kier alpha value is -0.860. The summed E-state index contributed by atoms with van der Waals surface area (Å²) in [5, 5.41) is 0. The van der Waals surface area contributed by atoms with Gasteiger partial charge in [0.15, 0.2) is 0 Å². The average molecular weight is 190 g/mol. The molecule has 1 aromatic rings. The lowest BCUT2D eigenvalue weighted by Gasteiger charge is -2.18. The number of hydrogen-bond acceptors (Lipinski definition) is 2. The van der Waals surface area contributed by atoms with E-state index < -0.39 is 0 Å². The summed E-state index contributed by atoms with van der Waals surface area (Å²) in [6.45, 7) is 6.31. The van der Waals surface area contributed by atoms with Crippen molar-refractivity contribution in [3.8, 4) is 0 Å². The van der Waals surface area contributed by atoms with E-state index in [-0.39, 0.29) is 0 Å². The number of benzene rings is 1. The lowest BCUT2D eigenvalue weighted by atomic mass is 10.1. The third-order valence-corrected chi connectivity index (χ3v) is 2.88. The molecule has 1 atom stereocenters. The minimum Gasteiger partial charge on any atom is -0.330 e. The van der Waals surface area contributed by atoms with E-state index in [1.54, 1.807) is 0 Å². The van der Waals surface area contributed by atoms with E-state index in [0.717, 1.165) is 26.2 Å². The third kappa shape index (κ3) is 1.97. The summed E-state index contributed by atoms with van der Waals surface area (Å²) in [4.78, 5) is 2.47. The summed E-state index contributed by atoms with van der Waals surface area (Å²) in [6.07, 6.45) is 0. The van der Waals surface area contributed by atoms with Crippen LogP contribution in [0, 0.1) is 5.92 Å². The van der Waals surface area contributed by atoms with Crippen molar-refractivity contribution in [2.75, 3.05) is 13.1 Å². The van der Waals surface area contributed by atoms with Gasteiger partial charge in [0.05, 0.1) is 0 Å². The van der Waals surface area contributed by atoms with E-state index in [0.29, 0.717) is 5.92 Å². The highest BCUT2D eigenvalue weighted by molar-refractivity contribution is 5.30. The predicted octanol–water partition coefficient (Wildman–Crippen LogP) is 1.60. The maximum Gasteiger partial charge on any atom is 0.0240 e. The van der Waals surface area contributed by atoms with Crippen LogP contribution in [0.25, 0.3) is 0 Å². The second-order valence-corrected chi connectivity index (χ2v) is 4.28. The molecule has 76 valence electrons. The topological polar surface area (TPSA) is 29.3 Å². The fourth-order valence-corrected chi connectivity index (χ4v) is 2.05. The Labute approximate surface area is 85.7 Å². The fraction of sp³-hybridized carbons (Fsp3) is 0.500. The van der Waals surface area contributed by atoms with Crippen molar-refractivity contribution >= 4 is 0 Å². The lowest BCUT2D eigenvalue weighted by Crippen LogP contribution is -2.27. The Morgan fingerprint density at radius 1 is 1.29 bits per heavy atom. The van der Waals surface area contributed by atoms with Crippen LogP contribution in [0.4, 0.5) is 0 Å². The van der Waals surface area contributed by atoms with Crippen molar-refractivity contribution in [1.29, 1.82) is 0 Å². The van der Waals surface area contributed by atoms with Crippen molar-refractivity contribution in [1.82, 2.24) is 4.90 Å². The van der Waals surface area contributed by atoms with E-state index in [1.807, 2.05) is 0 Å². The Morgan fingerprint density at radius 3 is 2.36 bits per heavy atom. The van der Waals surface area contributed by atoms with Gasteiger partial charge in [-0.3, -0.25) is 4.90 Å². The summed E-state index contributed by atoms with van der Waals surface area (Å²) in [5.74, 6) is 0.601. The predicted molar refractivity (Wildman–Crippen MR) is 58.8 cm³/mol. The molecule has 0 aliphatic carbocycles. The smallest absolute Gasteiger partial charge is 0.0240 e. The van der Waals surface area contributed by atoms with E-state index in [4.69, 9.17) is 5.73 Å². The van der Waals surface area contributed by atoms with Gasteiger partial charge in [-0.05, 0) is 23.6 Å². The van der Waals surface area contributed by atoms with Crippen LogP contribution in [0.3, 0.4) is 0 Å². The zero-order chi connectivity index (χ0) is 9.97. The maximum atomic E-state index is 5.63. The average Bonchev–Trinajstić information content (AvgIpc) is 2.59. The van der Waals surface area contributed by atoms with Crippen molar-refractivity contribution in [3.63, 3.8) is 0 Å². The van der Waals surface area contributed by atoms with E-state index in [1.165, 1.54) is 11.1 Å². The van der Waals surface area contributed by atoms with Gasteiger partial charge in [0, 0.05) is 19.6 Å².